The number of aliphatic carboxylic acids is 1. The number of amides is 2. The highest BCUT2D eigenvalue weighted by molar-refractivity contribution is 5.73. The van der Waals surface area contributed by atoms with Crippen LogP contribution in [0.5, 0.6) is 0 Å². The molecule has 0 saturated carbocycles. The van der Waals surface area contributed by atoms with Crippen LogP contribution < -0.4 is 10.8 Å². The lowest BCUT2D eigenvalue weighted by molar-refractivity contribution is -0.144. The number of nitrogens with one attached hydrogen (secondary N) is 2. The van der Waals surface area contributed by atoms with E-state index in [1.165, 1.54) is 0 Å². The molecule has 0 aliphatic rings. The van der Waals surface area contributed by atoms with Crippen LogP contribution in [0.4, 0.5) is 4.79 Å². The molecule has 6 nitrogen and oxygen atoms in total. The Bertz CT molecular complexity index is 223. The summed E-state index contributed by atoms with van der Waals surface area (Å²) in [6.07, 6.45) is 0.833. The second-order valence-corrected chi connectivity index (χ2v) is 4.35. The standard InChI is InChI=1S/C9H18N2O4/c1-9(2,3)4-5-10-8(14)11-15-6-7(12)13/h4-6H2,1-3H3,(H,12,13)(H2,10,11,14). The second-order valence-electron chi connectivity index (χ2n) is 4.35. The van der Waals surface area contributed by atoms with Crippen LogP contribution in [0.2, 0.25) is 0 Å². The summed E-state index contributed by atoms with van der Waals surface area (Å²) in [7, 11) is 0. The highest BCUT2D eigenvalue weighted by atomic mass is 16.7. The molecule has 0 radical (unpaired) electrons. The average Bonchev–Trinajstić information content (AvgIpc) is 2.00. The maximum absolute atomic E-state index is 11.0. The molecule has 0 saturated heterocycles. The van der Waals surface area contributed by atoms with Gasteiger partial charge in [0.25, 0.3) is 0 Å². The Labute approximate surface area is 88.9 Å². The molecule has 6 heteroatoms. The first kappa shape index (κ1) is 13.7. The van der Waals surface area contributed by atoms with Gasteiger partial charge < -0.3 is 10.4 Å². The van der Waals surface area contributed by atoms with Crippen molar-refractivity contribution in [1.82, 2.24) is 10.8 Å². The second kappa shape index (κ2) is 6.23. The number of carboxylic acids is 1. The Morgan fingerprint density at radius 3 is 2.40 bits per heavy atom. The Balaban J connectivity index is 3.46. The SMILES string of the molecule is CC(C)(C)CCNC(=O)NOCC(=O)O. The summed E-state index contributed by atoms with van der Waals surface area (Å²) in [5.41, 5.74) is 2.12. The number of hydrogen-bond donors (Lipinski definition) is 3. The van der Waals surface area contributed by atoms with E-state index < -0.39 is 18.6 Å². The smallest absolute Gasteiger partial charge is 0.338 e. The number of hydroxylamine groups is 1. The Kier molecular flexibility index (Phi) is 5.69. The summed E-state index contributed by atoms with van der Waals surface area (Å²) in [6, 6.07) is -0.527. The summed E-state index contributed by atoms with van der Waals surface area (Å²) >= 11 is 0. The van der Waals surface area contributed by atoms with Gasteiger partial charge in [0.05, 0.1) is 0 Å². The largest absolute Gasteiger partial charge is 0.479 e. The predicted molar refractivity (Wildman–Crippen MR) is 54.2 cm³/mol. The lowest BCUT2D eigenvalue weighted by atomic mass is 9.92. The third-order valence-corrected chi connectivity index (χ3v) is 1.52. The summed E-state index contributed by atoms with van der Waals surface area (Å²) in [6.45, 7) is 6.16. The molecule has 0 spiro atoms. The van der Waals surface area contributed by atoms with E-state index in [1.54, 1.807) is 0 Å². The molecule has 0 aliphatic carbocycles. The van der Waals surface area contributed by atoms with Crippen LogP contribution in [0, 0.1) is 5.41 Å². The molecule has 3 N–H and O–H groups in total. The Morgan fingerprint density at radius 2 is 1.93 bits per heavy atom. The minimum Gasteiger partial charge on any atom is -0.479 e. The zero-order valence-electron chi connectivity index (χ0n) is 9.29. The summed E-state index contributed by atoms with van der Waals surface area (Å²) in [4.78, 5) is 25.4. The van der Waals surface area contributed by atoms with Gasteiger partial charge in [0.1, 0.15) is 0 Å². The van der Waals surface area contributed by atoms with Crippen molar-refractivity contribution in [2.24, 2.45) is 5.41 Å². The maximum atomic E-state index is 11.0. The number of rotatable bonds is 5. The first-order chi connectivity index (χ1) is 6.81. The number of urea groups is 1. The maximum Gasteiger partial charge on any atom is 0.338 e. The lowest BCUT2D eigenvalue weighted by Crippen LogP contribution is -2.37. The highest BCUT2D eigenvalue weighted by Crippen LogP contribution is 2.16. The number of hydrogen-bond acceptors (Lipinski definition) is 3. The minimum atomic E-state index is -1.13. The zero-order chi connectivity index (χ0) is 11.9. The van der Waals surface area contributed by atoms with E-state index in [4.69, 9.17) is 5.11 Å². The average molecular weight is 218 g/mol. The van der Waals surface area contributed by atoms with Gasteiger partial charge in [0, 0.05) is 6.54 Å². The molecule has 0 heterocycles. The van der Waals surface area contributed by atoms with Crippen molar-refractivity contribution in [2.75, 3.05) is 13.2 Å². The molecular weight excluding hydrogens is 200 g/mol. The topological polar surface area (TPSA) is 87.7 Å². The van der Waals surface area contributed by atoms with Crippen LogP contribution in [0.3, 0.4) is 0 Å². The van der Waals surface area contributed by atoms with E-state index in [0.717, 1.165) is 6.42 Å². The summed E-state index contributed by atoms with van der Waals surface area (Å²) in [5.74, 6) is -1.13. The Morgan fingerprint density at radius 1 is 1.33 bits per heavy atom. The fourth-order valence-electron chi connectivity index (χ4n) is 0.750. The van der Waals surface area contributed by atoms with Crippen molar-refractivity contribution in [3.8, 4) is 0 Å². The highest BCUT2D eigenvalue weighted by Gasteiger charge is 2.10. The van der Waals surface area contributed by atoms with Gasteiger partial charge in [0.2, 0.25) is 0 Å². The van der Waals surface area contributed by atoms with Crippen LogP contribution in [0.1, 0.15) is 27.2 Å². The van der Waals surface area contributed by atoms with Gasteiger partial charge in [-0.15, -0.1) is 0 Å². The van der Waals surface area contributed by atoms with Gasteiger partial charge in [-0.1, -0.05) is 20.8 Å². The molecule has 88 valence electrons. The normalized spacial score (nSPS) is 10.9. The van der Waals surface area contributed by atoms with Crippen molar-refractivity contribution in [2.45, 2.75) is 27.2 Å². The molecule has 0 bridgehead atoms. The quantitative estimate of drug-likeness (QED) is 0.594. The van der Waals surface area contributed by atoms with E-state index in [1.807, 2.05) is 5.48 Å². The zero-order valence-corrected chi connectivity index (χ0v) is 9.29. The van der Waals surface area contributed by atoms with E-state index in [-0.39, 0.29) is 5.41 Å². The van der Waals surface area contributed by atoms with Gasteiger partial charge in [-0.3, -0.25) is 4.84 Å². The van der Waals surface area contributed by atoms with Crippen molar-refractivity contribution in [3.05, 3.63) is 0 Å². The van der Waals surface area contributed by atoms with Crippen molar-refractivity contribution >= 4 is 12.0 Å². The van der Waals surface area contributed by atoms with E-state index in [9.17, 15) is 9.59 Å². The van der Waals surface area contributed by atoms with Gasteiger partial charge >= 0.3 is 12.0 Å². The predicted octanol–water partition coefficient (Wildman–Crippen LogP) is 0.738. The molecular formula is C9H18N2O4. The van der Waals surface area contributed by atoms with Gasteiger partial charge in [-0.25, -0.2) is 15.1 Å². The first-order valence-electron chi connectivity index (χ1n) is 4.69. The monoisotopic (exact) mass is 218 g/mol. The molecule has 0 aromatic rings. The third-order valence-electron chi connectivity index (χ3n) is 1.52. The molecule has 0 rings (SSSR count). The van der Waals surface area contributed by atoms with E-state index in [0.29, 0.717) is 6.54 Å². The van der Waals surface area contributed by atoms with Crippen LogP contribution >= 0.6 is 0 Å². The fraction of sp³-hybridized carbons (Fsp3) is 0.778. The molecule has 2 amide bonds. The van der Waals surface area contributed by atoms with Crippen molar-refractivity contribution in [1.29, 1.82) is 0 Å². The minimum absolute atomic E-state index is 0.148. The van der Waals surface area contributed by atoms with Crippen molar-refractivity contribution in [3.63, 3.8) is 0 Å². The molecule has 0 aromatic heterocycles. The van der Waals surface area contributed by atoms with Crippen LogP contribution in [-0.4, -0.2) is 30.3 Å². The molecule has 0 fully saturated rings. The molecule has 0 aromatic carbocycles. The van der Waals surface area contributed by atoms with Gasteiger partial charge in [-0.2, -0.15) is 0 Å². The van der Waals surface area contributed by atoms with Crippen LogP contribution in [0.25, 0.3) is 0 Å². The number of carbonyl (C=O) groups excluding carboxylic acids is 1. The fourth-order valence-corrected chi connectivity index (χ4v) is 0.750. The van der Waals surface area contributed by atoms with E-state index >= 15 is 0 Å². The van der Waals surface area contributed by atoms with Crippen LogP contribution in [0.15, 0.2) is 0 Å². The number of carbonyl (C=O) groups is 2. The molecule has 0 atom stereocenters. The summed E-state index contributed by atoms with van der Waals surface area (Å²) < 4.78 is 0. The first-order valence-corrected chi connectivity index (χ1v) is 4.69. The van der Waals surface area contributed by atoms with Gasteiger partial charge in [-0.05, 0) is 11.8 Å². The molecule has 0 unspecified atom stereocenters. The van der Waals surface area contributed by atoms with Gasteiger partial charge in [0.15, 0.2) is 6.61 Å². The molecule has 15 heavy (non-hydrogen) atoms. The van der Waals surface area contributed by atoms with E-state index in [2.05, 4.69) is 30.9 Å². The lowest BCUT2D eigenvalue weighted by Gasteiger charge is -2.17. The Hall–Kier alpha value is -1.30. The van der Waals surface area contributed by atoms with Crippen LogP contribution in [-0.2, 0) is 9.63 Å². The molecule has 0 aliphatic heterocycles. The third kappa shape index (κ3) is 10.6. The van der Waals surface area contributed by atoms with Crippen molar-refractivity contribution < 1.29 is 19.5 Å². The number of carboxylic acid groups (broad SMARTS) is 1. The summed E-state index contributed by atoms with van der Waals surface area (Å²) in [5, 5.41) is 10.8.